The number of rotatable bonds is 1. The molecule has 0 aromatic carbocycles. The molecule has 0 amide bonds. The SMILES string of the molecule is Nc1cnccc1[C@@H](N)C(F)(F)F. The molecule has 0 radical (unpaired) electrons. The second-order valence-electron chi connectivity index (χ2n) is 2.52. The topological polar surface area (TPSA) is 64.9 Å². The molecule has 0 saturated carbocycles. The third kappa shape index (κ3) is 2.09. The largest absolute Gasteiger partial charge is 0.407 e. The summed E-state index contributed by atoms with van der Waals surface area (Å²) in [4.78, 5) is 3.56. The van der Waals surface area contributed by atoms with Crippen LogP contribution in [0.4, 0.5) is 18.9 Å². The maximum Gasteiger partial charge on any atom is 0.407 e. The van der Waals surface area contributed by atoms with Gasteiger partial charge in [-0.1, -0.05) is 0 Å². The molecular weight excluding hydrogens is 183 g/mol. The Hall–Kier alpha value is -1.30. The Morgan fingerprint density at radius 3 is 2.46 bits per heavy atom. The summed E-state index contributed by atoms with van der Waals surface area (Å²) in [5.74, 6) is 0. The molecular formula is C7H8F3N3. The molecule has 0 fully saturated rings. The smallest absolute Gasteiger partial charge is 0.397 e. The highest BCUT2D eigenvalue weighted by molar-refractivity contribution is 5.46. The molecule has 0 saturated heterocycles. The van der Waals surface area contributed by atoms with Gasteiger partial charge in [-0.2, -0.15) is 13.2 Å². The number of aromatic nitrogens is 1. The molecule has 6 heteroatoms. The summed E-state index contributed by atoms with van der Waals surface area (Å²) in [7, 11) is 0. The molecule has 0 aliphatic heterocycles. The molecule has 0 spiro atoms. The summed E-state index contributed by atoms with van der Waals surface area (Å²) in [6.07, 6.45) is -2.12. The van der Waals surface area contributed by atoms with Crippen molar-refractivity contribution in [3.8, 4) is 0 Å². The molecule has 3 nitrogen and oxygen atoms in total. The van der Waals surface area contributed by atoms with E-state index in [0.29, 0.717) is 0 Å². The first-order chi connectivity index (χ1) is 5.93. The first-order valence-corrected chi connectivity index (χ1v) is 3.44. The molecule has 13 heavy (non-hydrogen) atoms. The minimum absolute atomic E-state index is 0.0488. The van der Waals surface area contributed by atoms with Crippen LogP contribution in [0, 0.1) is 0 Å². The average Bonchev–Trinajstić information content (AvgIpc) is 2.02. The van der Waals surface area contributed by atoms with Crippen molar-refractivity contribution in [2.75, 3.05) is 5.73 Å². The molecule has 72 valence electrons. The van der Waals surface area contributed by atoms with E-state index in [-0.39, 0.29) is 11.3 Å². The van der Waals surface area contributed by atoms with Crippen molar-refractivity contribution in [1.29, 1.82) is 0 Å². The quantitative estimate of drug-likeness (QED) is 0.701. The normalized spacial score (nSPS) is 14.2. The second kappa shape index (κ2) is 3.21. The van der Waals surface area contributed by atoms with Crippen LogP contribution in [0.15, 0.2) is 18.5 Å². The van der Waals surface area contributed by atoms with Gasteiger partial charge < -0.3 is 11.5 Å². The fourth-order valence-corrected chi connectivity index (χ4v) is 0.877. The number of nitrogens with zero attached hydrogens (tertiary/aromatic N) is 1. The van der Waals surface area contributed by atoms with Crippen molar-refractivity contribution in [3.63, 3.8) is 0 Å². The van der Waals surface area contributed by atoms with E-state index in [1.165, 1.54) is 6.20 Å². The van der Waals surface area contributed by atoms with E-state index < -0.39 is 12.2 Å². The van der Waals surface area contributed by atoms with Crippen LogP contribution in [0.2, 0.25) is 0 Å². The summed E-state index contributed by atoms with van der Waals surface area (Å²) < 4.78 is 36.3. The number of nitrogens with two attached hydrogens (primary N) is 2. The third-order valence-corrected chi connectivity index (χ3v) is 1.57. The van der Waals surface area contributed by atoms with Gasteiger partial charge in [0, 0.05) is 11.8 Å². The van der Waals surface area contributed by atoms with E-state index in [4.69, 9.17) is 11.5 Å². The van der Waals surface area contributed by atoms with Crippen molar-refractivity contribution in [2.24, 2.45) is 5.73 Å². The van der Waals surface area contributed by atoms with Gasteiger partial charge in [-0.3, -0.25) is 4.98 Å². The molecule has 1 aromatic heterocycles. The Bertz CT molecular complexity index is 297. The predicted octanol–water partition coefficient (Wildman–Crippen LogP) is 1.23. The van der Waals surface area contributed by atoms with Gasteiger partial charge >= 0.3 is 6.18 Å². The lowest BCUT2D eigenvalue weighted by Crippen LogP contribution is -2.29. The summed E-state index contributed by atoms with van der Waals surface area (Å²) in [5, 5.41) is 0. The zero-order valence-corrected chi connectivity index (χ0v) is 6.55. The Labute approximate surface area is 72.6 Å². The van der Waals surface area contributed by atoms with Crippen molar-refractivity contribution >= 4 is 5.69 Å². The number of alkyl halides is 3. The van der Waals surface area contributed by atoms with E-state index in [1.807, 2.05) is 0 Å². The monoisotopic (exact) mass is 191 g/mol. The van der Waals surface area contributed by atoms with E-state index in [0.717, 1.165) is 12.3 Å². The van der Waals surface area contributed by atoms with Crippen LogP contribution >= 0.6 is 0 Å². The van der Waals surface area contributed by atoms with Gasteiger partial charge in [-0.25, -0.2) is 0 Å². The summed E-state index contributed by atoms with van der Waals surface area (Å²) in [6.45, 7) is 0. The summed E-state index contributed by atoms with van der Waals surface area (Å²) >= 11 is 0. The summed E-state index contributed by atoms with van der Waals surface area (Å²) in [6, 6.07) is -0.886. The fourth-order valence-electron chi connectivity index (χ4n) is 0.877. The van der Waals surface area contributed by atoms with E-state index in [9.17, 15) is 13.2 Å². The Morgan fingerprint density at radius 1 is 1.38 bits per heavy atom. The highest BCUT2D eigenvalue weighted by Gasteiger charge is 2.38. The number of hydrogen-bond donors (Lipinski definition) is 2. The molecule has 4 N–H and O–H groups in total. The lowest BCUT2D eigenvalue weighted by molar-refractivity contribution is -0.149. The Morgan fingerprint density at radius 2 is 2.00 bits per heavy atom. The van der Waals surface area contributed by atoms with Gasteiger partial charge in [0.2, 0.25) is 0 Å². The maximum absolute atomic E-state index is 12.1. The molecule has 0 unspecified atom stereocenters. The molecule has 1 rings (SSSR count). The van der Waals surface area contributed by atoms with Crippen molar-refractivity contribution in [3.05, 3.63) is 24.0 Å². The van der Waals surface area contributed by atoms with Crippen molar-refractivity contribution < 1.29 is 13.2 Å². The Kier molecular flexibility index (Phi) is 2.42. The molecule has 0 bridgehead atoms. The lowest BCUT2D eigenvalue weighted by Gasteiger charge is -2.16. The van der Waals surface area contributed by atoms with Gasteiger partial charge in [0.15, 0.2) is 0 Å². The van der Waals surface area contributed by atoms with Crippen LogP contribution in [0.25, 0.3) is 0 Å². The second-order valence-corrected chi connectivity index (χ2v) is 2.52. The van der Waals surface area contributed by atoms with Gasteiger partial charge in [-0.15, -0.1) is 0 Å². The molecule has 0 aliphatic carbocycles. The van der Waals surface area contributed by atoms with Crippen molar-refractivity contribution in [2.45, 2.75) is 12.2 Å². The predicted molar refractivity (Wildman–Crippen MR) is 41.6 cm³/mol. The van der Waals surface area contributed by atoms with Crippen LogP contribution in [0.3, 0.4) is 0 Å². The highest BCUT2D eigenvalue weighted by Crippen LogP contribution is 2.32. The van der Waals surface area contributed by atoms with Gasteiger partial charge in [0.1, 0.15) is 6.04 Å². The minimum Gasteiger partial charge on any atom is -0.397 e. The van der Waals surface area contributed by atoms with Gasteiger partial charge in [0.05, 0.1) is 11.9 Å². The van der Waals surface area contributed by atoms with Crippen LogP contribution in [-0.4, -0.2) is 11.2 Å². The minimum atomic E-state index is -4.48. The van der Waals surface area contributed by atoms with Crippen LogP contribution < -0.4 is 11.5 Å². The van der Waals surface area contributed by atoms with Crippen LogP contribution in [0.1, 0.15) is 11.6 Å². The average molecular weight is 191 g/mol. The van der Waals surface area contributed by atoms with Crippen LogP contribution in [-0.2, 0) is 0 Å². The van der Waals surface area contributed by atoms with E-state index in [1.54, 1.807) is 0 Å². The molecule has 1 atom stereocenters. The van der Waals surface area contributed by atoms with Crippen LogP contribution in [0.5, 0.6) is 0 Å². The molecule has 1 heterocycles. The maximum atomic E-state index is 12.1. The first-order valence-electron chi connectivity index (χ1n) is 3.44. The van der Waals surface area contributed by atoms with Gasteiger partial charge in [-0.05, 0) is 6.07 Å². The lowest BCUT2D eigenvalue weighted by atomic mass is 10.1. The number of pyridine rings is 1. The van der Waals surface area contributed by atoms with E-state index in [2.05, 4.69) is 4.98 Å². The summed E-state index contributed by atoms with van der Waals surface area (Å²) in [5.41, 5.74) is 10.0. The standard InChI is InChI=1S/C7H8F3N3/c8-7(9,10)6(12)4-1-2-13-3-5(4)11/h1-3,6H,11-12H2/t6-/m1/s1. The fraction of sp³-hybridized carbons (Fsp3) is 0.286. The Balaban J connectivity index is 3.02. The van der Waals surface area contributed by atoms with Crippen molar-refractivity contribution in [1.82, 2.24) is 4.98 Å². The number of anilines is 1. The third-order valence-electron chi connectivity index (χ3n) is 1.57. The number of halogens is 3. The highest BCUT2D eigenvalue weighted by atomic mass is 19.4. The first kappa shape index (κ1) is 9.79. The zero-order valence-electron chi connectivity index (χ0n) is 6.55. The van der Waals surface area contributed by atoms with Gasteiger partial charge in [0.25, 0.3) is 0 Å². The number of nitrogen functional groups attached to an aromatic ring is 1. The van der Waals surface area contributed by atoms with E-state index >= 15 is 0 Å². The molecule has 1 aromatic rings. The zero-order chi connectivity index (χ0) is 10.1. The molecule has 0 aliphatic rings. The number of hydrogen-bond acceptors (Lipinski definition) is 3.